The van der Waals surface area contributed by atoms with E-state index in [0.29, 0.717) is 11.6 Å². The normalized spacial score (nSPS) is 10.6. The Morgan fingerprint density at radius 3 is 2.94 bits per heavy atom. The zero-order chi connectivity index (χ0) is 12.8. The molecule has 1 heterocycles. The second kappa shape index (κ2) is 6.48. The summed E-state index contributed by atoms with van der Waals surface area (Å²) in [4.78, 5) is 16.5. The third-order valence-corrected chi connectivity index (χ3v) is 3.09. The molecule has 0 bridgehead atoms. The minimum atomic E-state index is -2.39. The van der Waals surface area contributed by atoms with Gasteiger partial charge in [0.1, 0.15) is 0 Å². The highest BCUT2D eigenvalue weighted by molar-refractivity contribution is 7.13. The van der Waals surface area contributed by atoms with Crippen molar-refractivity contribution in [1.29, 1.82) is 0 Å². The minimum absolute atomic E-state index is 0.248. The molecule has 0 spiro atoms. The van der Waals surface area contributed by atoms with Gasteiger partial charge < -0.3 is 9.64 Å². The van der Waals surface area contributed by atoms with Crippen molar-refractivity contribution in [3.8, 4) is 0 Å². The molecule has 0 saturated heterocycles. The van der Waals surface area contributed by atoms with E-state index in [1.54, 1.807) is 12.4 Å². The van der Waals surface area contributed by atoms with Gasteiger partial charge in [-0.05, 0) is 0 Å². The molecule has 0 N–H and O–H groups in total. The number of aryl methyl sites for hydroxylation is 1. The molecule has 0 aromatic carbocycles. The van der Waals surface area contributed by atoms with Crippen molar-refractivity contribution in [2.45, 2.75) is 19.3 Å². The van der Waals surface area contributed by atoms with Crippen molar-refractivity contribution in [3.05, 3.63) is 11.1 Å². The third-order valence-electron chi connectivity index (χ3n) is 2.09. The number of thiazole rings is 1. The summed E-state index contributed by atoms with van der Waals surface area (Å²) in [5.41, 5.74) is 0.719. The number of rotatable bonds is 6. The van der Waals surface area contributed by atoms with E-state index >= 15 is 0 Å². The van der Waals surface area contributed by atoms with Crippen LogP contribution >= 0.6 is 11.3 Å². The highest BCUT2D eigenvalue weighted by Gasteiger charge is 2.12. The van der Waals surface area contributed by atoms with Crippen molar-refractivity contribution in [1.82, 2.24) is 4.98 Å². The van der Waals surface area contributed by atoms with Crippen molar-refractivity contribution < 1.29 is 18.3 Å². The summed E-state index contributed by atoms with van der Waals surface area (Å²) in [5, 5.41) is 2.30. The molecule has 0 atom stereocenters. The molecular formula is C10H14F2N2O2S. The maximum atomic E-state index is 12.2. The average molecular weight is 264 g/mol. The van der Waals surface area contributed by atoms with Gasteiger partial charge in [0.15, 0.2) is 5.13 Å². The molecule has 7 heteroatoms. The Hall–Kier alpha value is -1.24. The van der Waals surface area contributed by atoms with E-state index in [1.807, 2.05) is 0 Å². The summed E-state index contributed by atoms with van der Waals surface area (Å²) in [6.07, 6.45) is -1.67. The van der Waals surface area contributed by atoms with Crippen LogP contribution in [0.25, 0.3) is 0 Å². The van der Waals surface area contributed by atoms with Gasteiger partial charge in [-0.25, -0.2) is 13.8 Å². The number of alkyl halides is 2. The zero-order valence-electron chi connectivity index (χ0n) is 9.65. The molecule has 0 aliphatic carbocycles. The fourth-order valence-electron chi connectivity index (χ4n) is 1.20. The van der Waals surface area contributed by atoms with Gasteiger partial charge in [-0.3, -0.25) is 4.79 Å². The van der Waals surface area contributed by atoms with Crippen LogP contribution in [0.3, 0.4) is 0 Å². The topological polar surface area (TPSA) is 42.4 Å². The van der Waals surface area contributed by atoms with Crippen molar-refractivity contribution in [2.75, 3.05) is 25.6 Å². The summed E-state index contributed by atoms with van der Waals surface area (Å²) in [5.74, 6) is -0.305. The molecular weight excluding hydrogens is 250 g/mol. The van der Waals surface area contributed by atoms with E-state index in [2.05, 4.69) is 9.72 Å². The number of anilines is 1. The lowest BCUT2D eigenvalue weighted by Crippen LogP contribution is -2.23. The monoisotopic (exact) mass is 264 g/mol. The van der Waals surface area contributed by atoms with Crippen molar-refractivity contribution in [3.63, 3.8) is 0 Å². The van der Waals surface area contributed by atoms with E-state index in [1.165, 1.54) is 23.3 Å². The second-order valence-electron chi connectivity index (χ2n) is 3.47. The van der Waals surface area contributed by atoms with Crippen LogP contribution in [0.2, 0.25) is 0 Å². The molecule has 17 heavy (non-hydrogen) atoms. The van der Waals surface area contributed by atoms with E-state index in [-0.39, 0.29) is 18.9 Å². The standard InChI is InChI=1S/C10H14F2N2O2S/c1-14(5-8(11)12)10-13-7(6-17-10)3-4-9(15)16-2/h6,8H,3-5H2,1-2H3. The number of hydrogen-bond acceptors (Lipinski definition) is 5. The lowest BCUT2D eigenvalue weighted by atomic mass is 10.2. The van der Waals surface area contributed by atoms with Gasteiger partial charge in [0.05, 0.1) is 25.8 Å². The Morgan fingerprint density at radius 1 is 1.65 bits per heavy atom. The van der Waals surface area contributed by atoms with Gasteiger partial charge in [-0.1, -0.05) is 0 Å². The van der Waals surface area contributed by atoms with E-state index in [4.69, 9.17) is 0 Å². The number of aromatic nitrogens is 1. The van der Waals surface area contributed by atoms with Gasteiger partial charge in [0.2, 0.25) is 0 Å². The van der Waals surface area contributed by atoms with Crippen LogP contribution in [0.5, 0.6) is 0 Å². The first-order valence-corrected chi connectivity index (χ1v) is 5.91. The smallest absolute Gasteiger partial charge is 0.305 e. The van der Waals surface area contributed by atoms with Crippen LogP contribution in [0.1, 0.15) is 12.1 Å². The van der Waals surface area contributed by atoms with Crippen LogP contribution in [0.4, 0.5) is 13.9 Å². The summed E-state index contributed by atoms with van der Waals surface area (Å²) >= 11 is 1.29. The van der Waals surface area contributed by atoms with E-state index in [9.17, 15) is 13.6 Å². The maximum absolute atomic E-state index is 12.2. The fraction of sp³-hybridized carbons (Fsp3) is 0.600. The van der Waals surface area contributed by atoms with Gasteiger partial charge >= 0.3 is 5.97 Å². The first kappa shape index (κ1) is 13.8. The molecule has 0 aliphatic heterocycles. The number of esters is 1. The Bertz CT molecular complexity index is 371. The summed E-state index contributed by atoms with van der Waals surface area (Å²) < 4.78 is 28.8. The summed E-state index contributed by atoms with van der Waals surface area (Å²) in [7, 11) is 2.89. The largest absolute Gasteiger partial charge is 0.469 e. The van der Waals surface area contributed by atoms with Gasteiger partial charge in [0.25, 0.3) is 6.43 Å². The number of methoxy groups -OCH3 is 1. The Morgan fingerprint density at radius 2 is 2.35 bits per heavy atom. The predicted molar refractivity (Wildman–Crippen MR) is 61.7 cm³/mol. The maximum Gasteiger partial charge on any atom is 0.305 e. The highest BCUT2D eigenvalue weighted by atomic mass is 32.1. The number of ether oxygens (including phenoxy) is 1. The van der Waals surface area contributed by atoms with E-state index < -0.39 is 6.43 Å². The number of nitrogens with zero attached hydrogens (tertiary/aromatic N) is 2. The van der Waals surface area contributed by atoms with Gasteiger partial charge in [-0.2, -0.15) is 0 Å². The average Bonchev–Trinajstić information content (AvgIpc) is 2.73. The first-order chi connectivity index (χ1) is 8.02. The van der Waals surface area contributed by atoms with Crippen LogP contribution in [0.15, 0.2) is 5.38 Å². The molecule has 0 saturated carbocycles. The Kier molecular flexibility index (Phi) is 5.27. The fourth-order valence-corrected chi connectivity index (χ4v) is 2.04. The van der Waals surface area contributed by atoms with Crippen molar-refractivity contribution >= 4 is 22.4 Å². The Labute approximate surface area is 102 Å². The summed E-state index contributed by atoms with van der Waals surface area (Å²) in [6, 6.07) is 0. The minimum Gasteiger partial charge on any atom is -0.469 e. The molecule has 0 amide bonds. The van der Waals surface area contributed by atoms with Crippen LogP contribution in [-0.2, 0) is 16.0 Å². The second-order valence-corrected chi connectivity index (χ2v) is 4.31. The molecule has 0 fully saturated rings. The SMILES string of the molecule is COC(=O)CCc1csc(N(C)CC(F)F)n1. The number of carbonyl (C=O) groups is 1. The zero-order valence-corrected chi connectivity index (χ0v) is 10.5. The lowest BCUT2D eigenvalue weighted by molar-refractivity contribution is -0.140. The molecule has 0 aliphatic rings. The molecule has 1 aromatic rings. The van der Waals surface area contributed by atoms with Gasteiger partial charge in [-0.15, -0.1) is 11.3 Å². The van der Waals surface area contributed by atoms with Gasteiger partial charge in [0, 0.05) is 18.8 Å². The van der Waals surface area contributed by atoms with Crippen molar-refractivity contribution in [2.24, 2.45) is 0 Å². The molecule has 0 unspecified atom stereocenters. The molecule has 4 nitrogen and oxygen atoms in total. The molecule has 1 rings (SSSR count). The number of carbonyl (C=O) groups excluding carboxylic acids is 1. The third kappa shape index (κ3) is 4.64. The quantitative estimate of drug-likeness (QED) is 0.736. The van der Waals surface area contributed by atoms with Crippen LogP contribution in [0, 0.1) is 0 Å². The van der Waals surface area contributed by atoms with Crippen LogP contribution < -0.4 is 4.90 Å². The lowest BCUT2D eigenvalue weighted by Gasteiger charge is -2.14. The first-order valence-electron chi connectivity index (χ1n) is 5.03. The molecule has 96 valence electrons. The van der Waals surface area contributed by atoms with E-state index in [0.717, 1.165) is 5.69 Å². The molecule has 1 aromatic heterocycles. The number of hydrogen-bond donors (Lipinski definition) is 0. The summed E-state index contributed by atoms with van der Waals surface area (Å²) in [6.45, 7) is -0.343. The number of halogens is 2. The molecule has 0 radical (unpaired) electrons. The van der Waals surface area contributed by atoms with Crippen LogP contribution in [-0.4, -0.2) is 38.1 Å². The highest BCUT2D eigenvalue weighted by Crippen LogP contribution is 2.20. The Balaban J connectivity index is 2.50. The predicted octanol–water partition coefficient (Wildman–Crippen LogP) is 1.95.